The number of aryl methyl sites for hydroxylation is 1. The fourth-order valence-electron chi connectivity index (χ4n) is 9.74. The summed E-state index contributed by atoms with van der Waals surface area (Å²) in [4.78, 5) is 68.0. The van der Waals surface area contributed by atoms with E-state index in [1.165, 1.54) is 14.0 Å². The molecule has 64 heavy (non-hydrogen) atoms. The summed E-state index contributed by atoms with van der Waals surface area (Å²) in [6.45, 7) is 7.39. The minimum absolute atomic E-state index is 0.0642. The number of sulfonamides is 1. The van der Waals surface area contributed by atoms with Crippen molar-refractivity contribution in [2.75, 3.05) is 13.7 Å². The Labute approximate surface area is 368 Å². The molecule has 0 radical (unpaired) electrons. The van der Waals surface area contributed by atoms with Gasteiger partial charge in [0.1, 0.15) is 35.2 Å². The van der Waals surface area contributed by atoms with Crippen LogP contribution in [0.25, 0.3) is 11.0 Å². The van der Waals surface area contributed by atoms with Crippen LogP contribution < -0.4 is 24.8 Å². The number of aromatic nitrogens is 2. The van der Waals surface area contributed by atoms with Crippen molar-refractivity contribution in [3.63, 3.8) is 0 Å². The number of fused-ring (bicyclic) bond motifs is 5. The average molecular weight is 929 g/mol. The number of carbonyl (C=O) groups is 4. The molecule has 3 aliphatic carbocycles. The fraction of sp³-hybridized carbons (Fsp3) is 0.721. The van der Waals surface area contributed by atoms with Crippen LogP contribution in [0.1, 0.15) is 111 Å². The largest absolute Gasteiger partial charge is 0.497 e. The average Bonchev–Trinajstić information content (AvgIpc) is 4.06. The molecule has 2 aromatic rings. The van der Waals surface area contributed by atoms with Gasteiger partial charge in [-0.05, 0) is 88.7 Å². The first-order valence-electron chi connectivity index (χ1n) is 22.0. The number of alkyl halides is 5. The Morgan fingerprint density at radius 2 is 1.73 bits per heavy atom. The molecule has 15 nitrogen and oxygen atoms in total. The molecule has 354 valence electrons. The molecule has 3 heterocycles. The molecule has 5 aliphatic rings. The number of benzene rings is 1. The van der Waals surface area contributed by atoms with E-state index in [1.54, 1.807) is 45.9 Å². The maximum Gasteiger partial charge on any atom is 0.428 e. The number of hydrogen-bond acceptors (Lipinski definition) is 11. The van der Waals surface area contributed by atoms with E-state index in [2.05, 4.69) is 10.6 Å². The summed E-state index contributed by atoms with van der Waals surface area (Å²) in [5, 5.41) is 4.82. The topological polar surface area (TPSA) is 195 Å². The molecule has 0 spiro atoms. The zero-order chi connectivity index (χ0) is 46.8. The molecule has 21 heteroatoms. The summed E-state index contributed by atoms with van der Waals surface area (Å²) < 4.78 is 119. The molecule has 2 aliphatic heterocycles. The Hall–Kier alpha value is -4.56. The zero-order valence-corrected chi connectivity index (χ0v) is 37.6. The van der Waals surface area contributed by atoms with Crippen molar-refractivity contribution in [3.05, 3.63) is 23.9 Å². The number of methoxy groups -OCH3 is 1. The Morgan fingerprint density at radius 3 is 2.34 bits per heavy atom. The van der Waals surface area contributed by atoms with Crippen LogP contribution in [0.15, 0.2) is 18.2 Å². The van der Waals surface area contributed by atoms with Crippen LogP contribution in [0, 0.1) is 23.2 Å². The summed E-state index contributed by atoms with van der Waals surface area (Å²) >= 11 is 0. The lowest BCUT2D eigenvalue weighted by Gasteiger charge is -2.39. The third kappa shape index (κ3) is 8.77. The van der Waals surface area contributed by atoms with Crippen LogP contribution in [0.2, 0.25) is 0 Å². The maximum absolute atomic E-state index is 15.1. The number of halogens is 5. The number of nitrogens with one attached hydrogen (secondary N) is 3. The lowest BCUT2D eigenvalue weighted by Crippen LogP contribution is -2.62. The number of ether oxygens (including phenoxy) is 3. The molecular formula is C43H57F5N6O9S. The van der Waals surface area contributed by atoms with Crippen LogP contribution in [-0.4, -0.2) is 107 Å². The van der Waals surface area contributed by atoms with Crippen molar-refractivity contribution in [3.8, 4) is 11.6 Å². The van der Waals surface area contributed by atoms with Crippen molar-refractivity contribution in [1.82, 2.24) is 30.2 Å². The predicted octanol–water partition coefficient (Wildman–Crippen LogP) is 6.12. The van der Waals surface area contributed by atoms with Gasteiger partial charge in [-0.2, -0.15) is 13.2 Å². The summed E-state index contributed by atoms with van der Waals surface area (Å²) in [5.41, 5.74) is -5.11. The number of alkyl carbamates (subject to hydrolysis) is 1. The molecule has 1 unspecified atom stereocenters. The van der Waals surface area contributed by atoms with E-state index in [-0.39, 0.29) is 57.4 Å². The quantitative estimate of drug-likeness (QED) is 0.258. The van der Waals surface area contributed by atoms with Gasteiger partial charge in [0.2, 0.25) is 39.7 Å². The molecule has 4 fully saturated rings. The Bertz CT molecular complexity index is 2270. The second-order valence-electron chi connectivity index (χ2n) is 19.4. The van der Waals surface area contributed by atoms with Gasteiger partial charge in [0, 0.05) is 17.9 Å². The summed E-state index contributed by atoms with van der Waals surface area (Å²) in [5.74, 6) is -6.60. The first-order chi connectivity index (χ1) is 29.9. The second kappa shape index (κ2) is 17.0. The normalized spacial score (nSPS) is 31.1. The molecule has 4 amide bonds. The van der Waals surface area contributed by atoms with Crippen molar-refractivity contribution in [2.45, 2.75) is 158 Å². The van der Waals surface area contributed by atoms with Gasteiger partial charge in [0.05, 0.1) is 35.4 Å². The first kappa shape index (κ1) is 47.4. The van der Waals surface area contributed by atoms with Crippen LogP contribution in [0.3, 0.4) is 0 Å². The highest BCUT2D eigenvalue weighted by atomic mass is 32.2. The fourth-order valence-corrected chi connectivity index (χ4v) is 11.1. The number of carbonyl (C=O) groups excluding carboxylic acids is 4. The van der Waals surface area contributed by atoms with E-state index in [4.69, 9.17) is 24.2 Å². The predicted molar refractivity (Wildman–Crippen MR) is 221 cm³/mol. The number of nitrogens with zero attached hydrogens (tertiary/aromatic N) is 3. The van der Waals surface area contributed by atoms with Crippen LogP contribution in [-0.2, 0) is 35.6 Å². The van der Waals surface area contributed by atoms with Gasteiger partial charge < -0.3 is 29.7 Å². The van der Waals surface area contributed by atoms with Gasteiger partial charge in [0.25, 0.3) is 5.91 Å². The first-order valence-corrected chi connectivity index (χ1v) is 23.4. The highest BCUT2D eigenvalue weighted by Gasteiger charge is 2.68. The summed E-state index contributed by atoms with van der Waals surface area (Å²) in [7, 11) is -2.85. The van der Waals surface area contributed by atoms with Gasteiger partial charge in [-0.1, -0.05) is 40.5 Å². The summed E-state index contributed by atoms with van der Waals surface area (Å²) in [6, 6.07) is 1.85. The van der Waals surface area contributed by atoms with Crippen LogP contribution in [0.5, 0.6) is 11.6 Å². The number of hydrogen-bond donors (Lipinski definition) is 3. The van der Waals surface area contributed by atoms with Gasteiger partial charge in [-0.15, -0.1) is 0 Å². The van der Waals surface area contributed by atoms with E-state index < -0.39 is 117 Å². The van der Waals surface area contributed by atoms with Crippen molar-refractivity contribution < 1.29 is 63.8 Å². The number of rotatable bonds is 8. The monoisotopic (exact) mass is 928 g/mol. The van der Waals surface area contributed by atoms with Crippen LogP contribution in [0.4, 0.5) is 26.7 Å². The van der Waals surface area contributed by atoms with Crippen LogP contribution >= 0.6 is 0 Å². The molecule has 1 aromatic carbocycles. The molecule has 1 saturated heterocycles. The van der Waals surface area contributed by atoms with E-state index in [0.29, 0.717) is 41.7 Å². The maximum atomic E-state index is 15.1. The lowest BCUT2D eigenvalue weighted by atomic mass is 9.85. The highest BCUT2D eigenvalue weighted by Crippen LogP contribution is 2.52. The van der Waals surface area contributed by atoms with Crippen molar-refractivity contribution >= 4 is 44.9 Å². The second-order valence-corrected chi connectivity index (χ2v) is 21.6. The highest BCUT2D eigenvalue weighted by molar-refractivity contribution is 7.91. The third-order valence-electron chi connectivity index (χ3n) is 14.0. The minimum Gasteiger partial charge on any atom is -0.497 e. The molecular weight excluding hydrogens is 872 g/mol. The van der Waals surface area contributed by atoms with E-state index in [1.807, 2.05) is 4.72 Å². The van der Waals surface area contributed by atoms with Gasteiger partial charge >= 0.3 is 12.3 Å². The third-order valence-corrected chi connectivity index (χ3v) is 16.2. The van der Waals surface area contributed by atoms with E-state index in [9.17, 15) is 31.6 Å². The van der Waals surface area contributed by atoms with Crippen molar-refractivity contribution in [1.29, 1.82) is 0 Å². The molecule has 1 aromatic heterocycles. The zero-order valence-electron chi connectivity index (χ0n) is 36.8. The summed E-state index contributed by atoms with van der Waals surface area (Å²) in [6.07, 6.45) is -9.06. The molecule has 2 bridgehead atoms. The molecule has 3 saturated carbocycles. The van der Waals surface area contributed by atoms with Crippen molar-refractivity contribution in [2.24, 2.45) is 23.2 Å². The van der Waals surface area contributed by atoms with Gasteiger partial charge in [-0.25, -0.2) is 32.0 Å². The SMILES string of the molecule is CC[C@@H]1[C@@H]2CN(C(=O)[C@H](C(C)(C)C)NC(=O)O[C@@]3(C(F)(F)F)CCC[C@H]3CCCCCc3nc4ccc(OC)cc4nc3O2)[C@@H]1C(=O)N[C@]1(C(=O)NS(=O)(=O)C2(C)CC2)CC1C(F)F. The molecule has 3 N–H and O–H groups in total. The van der Waals surface area contributed by atoms with Gasteiger partial charge in [-0.3, -0.25) is 19.1 Å². The number of amides is 4. The Kier molecular flexibility index (Phi) is 12.6. The molecule has 8 atom stereocenters. The lowest BCUT2D eigenvalue weighted by molar-refractivity contribution is -0.271. The van der Waals surface area contributed by atoms with E-state index in [0.717, 1.165) is 4.90 Å². The Morgan fingerprint density at radius 1 is 1.03 bits per heavy atom. The van der Waals surface area contributed by atoms with E-state index >= 15 is 18.0 Å². The minimum atomic E-state index is -4.94. The molecule has 7 rings (SSSR count). The smallest absolute Gasteiger partial charge is 0.428 e. The van der Waals surface area contributed by atoms with Gasteiger partial charge in [0.15, 0.2) is 0 Å². The Balaban J connectivity index is 1.31. The standard InChI is InChI=1S/C43H57F5N6O9S/c1-7-25-30-22-54(31(25)34(55)52-41(21-26(41)33(44)45)37(57)53-64(59,60)40(5)18-19-40)36(56)32(39(2,3)4)51-38(58)63-42(43(46,47)48)17-11-13-23(42)12-9-8-10-14-28-35(62-30)50-29-20-24(61-6)15-16-27(29)49-28/h15-16,20,23,25-26,30-33H,7-14,17-19,21-22H2,1-6H3,(H,51,58)(H,52,55)(H,53,57)/t23-,25-,26?,30+,31+,32-,41-,42+/m1/s1.